The second-order valence-electron chi connectivity index (χ2n) is 4.11. The van der Waals surface area contributed by atoms with E-state index in [1.54, 1.807) is 6.08 Å². The van der Waals surface area contributed by atoms with E-state index >= 15 is 0 Å². The molecule has 2 rings (SSSR count). The van der Waals surface area contributed by atoms with Crippen LogP contribution in [0.4, 0.5) is 17.6 Å². The van der Waals surface area contributed by atoms with Crippen LogP contribution in [-0.4, -0.2) is 5.88 Å². The Bertz CT molecular complexity index is 624. The normalized spacial score (nSPS) is 11.8. The molecule has 0 aromatic heterocycles. The van der Waals surface area contributed by atoms with Gasteiger partial charge in [-0.1, -0.05) is 12.1 Å². The van der Waals surface area contributed by atoms with Crippen LogP contribution in [0, 0.1) is 23.3 Å². The monoisotopic (exact) mass is 300 g/mol. The van der Waals surface area contributed by atoms with E-state index in [2.05, 4.69) is 0 Å². The van der Waals surface area contributed by atoms with Crippen LogP contribution in [-0.2, 0) is 0 Å². The van der Waals surface area contributed by atoms with Crippen LogP contribution in [0.3, 0.4) is 0 Å². The summed E-state index contributed by atoms with van der Waals surface area (Å²) in [7, 11) is 0. The first kappa shape index (κ1) is 14.6. The third kappa shape index (κ3) is 3.20. The van der Waals surface area contributed by atoms with Gasteiger partial charge in [0.1, 0.15) is 5.82 Å². The minimum absolute atomic E-state index is 0.0259. The van der Waals surface area contributed by atoms with Crippen LogP contribution in [0.15, 0.2) is 36.4 Å². The molecular formula is C15H9ClF4. The fraction of sp³-hybridized carbons (Fsp3) is 0.0667. The number of allylic oxidation sites excluding steroid dienone is 1. The van der Waals surface area contributed by atoms with Crippen molar-refractivity contribution in [2.45, 2.75) is 0 Å². The van der Waals surface area contributed by atoms with E-state index in [1.807, 2.05) is 0 Å². The van der Waals surface area contributed by atoms with Gasteiger partial charge in [-0.25, -0.2) is 17.6 Å². The lowest BCUT2D eigenvalue weighted by Crippen LogP contribution is -1.95. The average Bonchev–Trinajstić information content (AvgIpc) is 2.43. The SMILES string of the molecule is Fc1ccc(C=C(CCl)c2cc(F)c(F)c(F)c2)cc1. The third-order valence-corrected chi connectivity index (χ3v) is 3.00. The fourth-order valence-electron chi connectivity index (χ4n) is 1.70. The Kier molecular flexibility index (Phi) is 4.45. The summed E-state index contributed by atoms with van der Waals surface area (Å²) in [5.41, 5.74) is 1.16. The van der Waals surface area contributed by atoms with Crippen molar-refractivity contribution in [3.8, 4) is 0 Å². The van der Waals surface area contributed by atoms with Crippen molar-refractivity contribution < 1.29 is 17.6 Å². The smallest absolute Gasteiger partial charge is 0.194 e. The van der Waals surface area contributed by atoms with Crippen molar-refractivity contribution in [1.29, 1.82) is 0 Å². The molecule has 5 heteroatoms. The molecule has 2 aromatic rings. The standard InChI is InChI=1S/C15H9ClF4/c16-8-11(5-9-1-3-12(17)4-2-9)10-6-13(18)15(20)14(19)7-10/h1-7H,8H2. The van der Waals surface area contributed by atoms with Crippen molar-refractivity contribution in [3.63, 3.8) is 0 Å². The Morgan fingerprint density at radius 1 is 0.950 bits per heavy atom. The Morgan fingerprint density at radius 2 is 1.50 bits per heavy atom. The Labute approximate surface area is 118 Å². The zero-order valence-electron chi connectivity index (χ0n) is 10.1. The largest absolute Gasteiger partial charge is 0.207 e. The van der Waals surface area contributed by atoms with E-state index in [9.17, 15) is 17.6 Å². The summed E-state index contributed by atoms with van der Waals surface area (Å²) in [6, 6.07) is 7.25. The maximum atomic E-state index is 13.2. The summed E-state index contributed by atoms with van der Waals surface area (Å²) in [4.78, 5) is 0. The zero-order chi connectivity index (χ0) is 14.7. The summed E-state index contributed by atoms with van der Waals surface area (Å²) >= 11 is 5.75. The number of halogens is 5. The molecule has 0 amide bonds. The molecule has 0 N–H and O–H groups in total. The van der Waals surface area contributed by atoms with Gasteiger partial charge in [0.25, 0.3) is 0 Å². The molecule has 0 heterocycles. The van der Waals surface area contributed by atoms with Crippen LogP contribution in [0.1, 0.15) is 11.1 Å². The van der Waals surface area contributed by atoms with Crippen LogP contribution in [0.2, 0.25) is 0 Å². The van der Waals surface area contributed by atoms with Gasteiger partial charge in [-0.15, -0.1) is 11.6 Å². The van der Waals surface area contributed by atoms with E-state index in [-0.39, 0.29) is 11.4 Å². The van der Waals surface area contributed by atoms with E-state index in [4.69, 9.17) is 11.6 Å². The highest BCUT2D eigenvalue weighted by Crippen LogP contribution is 2.23. The van der Waals surface area contributed by atoms with E-state index in [1.165, 1.54) is 24.3 Å². The molecule has 0 unspecified atom stereocenters. The predicted molar refractivity (Wildman–Crippen MR) is 71.3 cm³/mol. The van der Waals surface area contributed by atoms with Crippen molar-refractivity contribution in [2.75, 3.05) is 5.88 Å². The highest BCUT2D eigenvalue weighted by molar-refractivity contribution is 6.24. The van der Waals surface area contributed by atoms with Crippen molar-refractivity contribution in [2.24, 2.45) is 0 Å². The molecule has 0 aliphatic rings. The first-order valence-corrected chi connectivity index (χ1v) is 6.21. The van der Waals surface area contributed by atoms with Gasteiger partial charge >= 0.3 is 0 Å². The van der Waals surface area contributed by atoms with E-state index in [0.29, 0.717) is 11.1 Å². The number of alkyl halides is 1. The lowest BCUT2D eigenvalue weighted by atomic mass is 10.0. The lowest BCUT2D eigenvalue weighted by molar-refractivity contribution is 0.446. The molecule has 20 heavy (non-hydrogen) atoms. The molecule has 0 fully saturated rings. The van der Waals surface area contributed by atoms with E-state index in [0.717, 1.165) is 12.1 Å². The Balaban J connectivity index is 2.44. The molecule has 104 valence electrons. The van der Waals surface area contributed by atoms with Crippen LogP contribution < -0.4 is 0 Å². The highest BCUT2D eigenvalue weighted by atomic mass is 35.5. The summed E-state index contributed by atoms with van der Waals surface area (Å²) in [6.07, 6.45) is 1.55. The zero-order valence-corrected chi connectivity index (χ0v) is 10.9. The van der Waals surface area contributed by atoms with Crippen molar-refractivity contribution in [1.82, 2.24) is 0 Å². The first-order chi connectivity index (χ1) is 9.51. The van der Waals surface area contributed by atoms with Gasteiger partial charge in [0.2, 0.25) is 0 Å². The number of rotatable bonds is 3. The molecule has 0 nitrogen and oxygen atoms in total. The molecule has 0 bridgehead atoms. The predicted octanol–water partition coefficient (Wildman–Crippen LogP) is 5.02. The minimum Gasteiger partial charge on any atom is -0.207 e. The maximum Gasteiger partial charge on any atom is 0.194 e. The molecule has 0 aliphatic carbocycles. The van der Waals surface area contributed by atoms with Gasteiger partial charge in [-0.3, -0.25) is 0 Å². The van der Waals surface area contributed by atoms with Gasteiger partial charge in [-0.2, -0.15) is 0 Å². The van der Waals surface area contributed by atoms with Crippen molar-refractivity contribution >= 4 is 23.3 Å². The molecular weight excluding hydrogens is 292 g/mol. The van der Waals surface area contributed by atoms with Crippen LogP contribution >= 0.6 is 11.6 Å². The van der Waals surface area contributed by atoms with Gasteiger partial charge < -0.3 is 0 Å². The summed E-state index contributed by atoms with van der Waals surface area (Å²) in [6.45, 7) is 0. The highest BCUT2D eigenvalue weighted by Gasteiger charge is 2.12. The van der Waals surface area contributed by atoms with Gasteiger partial charge in [0.05, 0.1) is 0 Å². The van der Waals surface area contributed by atoms with Gasteiger partial charge in [0, 0.05) is 5.88 Å². The Morgan fingerprint density at radius 3 is 2.00 bits per heavy atom. The minimum atomic E-state index is -1.52. The number of benzene rings is 2. The number of hydrogen-bond donors (Lipinski definition) is 0. The molecule has 0 saturated heterocycles. The first-order valence-electron chi connectivity index (χ1n) is 5.68. The lowest BCUT2D eigenvalue weighted by Gasteiger charge is -2.06. The van der Waals surface area contributed by atoms with E-state index < -0.39 is 23.3 Å². The van der Waals surface area contributed by atoms with Crippen LogP contribution in [0.25, 0.3) is 11.6 Å². The molecule has 2 aromatic carbocycles. The summed E-state index contributed by atoms with van der Waals surface area (Å²) < 4.78 is 52.1. The topological polar surface area (TPSA) is 0 Å². The Hall–Kier alpha value is -1.81. The van der Waals surface area contributed by atoms with Gasteiger partial charge in [-0.05, 0) is 47.0 Å². The van der Waals surface area contributed by atoms with Crippen LogP contribution in [0.5, 0.6) is 0 Å². The van der Waals surface area contributed by atoms with Gasteiger partial charge in [0.15, 0.2) is 17.5 Å². The molecule has 0 saturated carbocycles. The molecule has 0 radical (unpaired) electrons. The number of hydrogen-bond acceptors (Lipinski definition) is 0. The summed E-state index contributed by atoms with van der Waals surface area (Å²) in [5.74, 6) is -4.51. The second-order valence-corrected chi connectivity index (χ2v) is 4.38. The van der Waals surface area contributed by atoms with Crippen molar-refractivity contribution in [3.05, 3.63) is 70.8 Å². The molecule has 0 atom stereocenters. The fourth-order valence-corrected chi connectivity index (χ4v) is 1.93. The second kappa shape index (κ2) is 6.09. The molecule has 0 spiro atoms. The summed E-state index contributed by atoms with van der Waals surface area (Å²) in [5, 5.41) is 0. The third-order valence-electron chi connectivity index (χ3n) is 2.71. The average molecular weight is 301 g/mol. The molecule has 0 aliphatic heterocycles. The quantitative estimate of drug-likeness (QED) is 0.323. The maximum absolute atomic E-state index is 13.2.